The van der Waals surface area contributed by atoms with Crippen molar-refractivity contribution < 1.29 is 19.1 Å². The summed E-state index contributed by atoms with van der Waals surface area (Å²) in [7, 11) is 1.60. The minimum absolute atomic E-state index is 0.0381. The van der Waals surface area contributed by atoms with Gasteiger partial charge in [0.1, 0.15) is 12.4 Å². The maximum Gasteiger partial charge on any atom is 0.287 e. The van der Waals surface area contributed by atoms with Crippen molar-refractivity contribution in [2.45, 2.75) is 63.7 Å². The Hall–Kier alpha value is -1.33. The van der Waals surface area contributed by atoms with Gasteiger partial charge < -0.3 is 19.6 Å². The van der Waals surface area contributed by atoms with Crippen LogP contribution in [0.25, 0.3) is 0 Å². The van der Waals surface area contributed by atoms with Gasteiger partial charge in [-0.1, -0.05) is 0 Å². The third kappa shape index (κ3) is 2.68. The van der Waals surface area contributed by atoms with Crippen LogP contribution in [-0.2, 0) is 11.3 Å². The van der Waals surface area contributed by atoms with Crippen molar-refractivity contribution in [2.24, 2.45) is 17.3 Å². The van der Waals surface area contributed by atoms with Crippen molar-refractivity contribution in [3.63, 3.8) is 0 Å². The van der Waals surface area contributed by atoms with Crippen LogP contribution in [0.2, 0.25) is 0 Å². The summed E-state index contributed by atoms with van der Waals surface area (Å²) in [6.45, 7) is 2.45. The Morgan fingerprint density at radius 3 is 2.71 bits per heavy atom. The molecule has 1 heterocycles. The molecule has 1 aromatic rings. The van der Waals surface area contributed by atoms with Crippen LogP contribution in [0.4, 0.5) is 0 Å². The summed E-state index contributed by atoms with van der Waals surface area (Å²) in [6.07, 6.45) is 6.22. The number of rotatable bonds is 5. The van der Waals surface area contributed by atoms with Crippen LogP contribution in [0, 0.1) is 17.3 Å². The van der Waals surface area contributed by atoms with Crippen molar-refractivity contribution in [1.29, 1.82) is 0 Å². The highest BCUT2D eigenvalue weighted by molar-refractivity contribution is 5.91. The van der Waals surface area contributed by atoms with E-state index in [1.807, 2.05) is 0 Å². The van der Waals surface area contributed by atoms with Crippen LogP contribution in [0.1, 0.15) is 61.8 Å². The first-order valence-corrected chi connectivity index (χ1v) is 9.02. The van der Waals surface area contributed by atoms with Crippen LogP contribution in [0.5, 0.6) is 0 Å². The SMILES string of the molecule is COCc1ccc(C(=O)N[C@@H](C)C23C[C@@H]4C[C@@H](CC(O)(C4)C2)C3)o1. The molecule has 1 aromatic heterocycles. The van der Waals surface area contributed by atoms with Crippen molar-refractivity contribution in [2.75, 3.05) is 7.11 Å². The van der Waals surface area contributed by atoms with E-state index in [0.29, 0.717) is 30.0 Å². The molecule has 5 nitrogen and oxygen atoms in total. The zero-order chi connectivity index (χ0) is 16.9. The van der Waals surface area contributed by atoms with Crippen molar-refractivity contribution >= 4 is 5.91 Å². The fourth-order valence-corrected chi connectivity index (χ4v) is 5.93. The predicted octanol–water partition coefficient (Wildman–Crippen LogP) is 2.88. The summed E-state index contributed by atoms with van der Waals surface area (Å²) >= 11 is 0. The highest BCUT2D eigenvalue weighted by atomic mass is 16.5. The van der Waals surface area contributed by atoms with E-state index in [0.717, 1.165) is 32.1 Å². The molecule has 4 aliphatic rings. The Bertz CT molecular complexity index is 623. The molecule has 2 N–H and O–H groups in total. The molecule has 2 unspecified atom stereocenters. The van der Waals surface area contributed by atoms with E-state index in [2.05, 4.69) is 12.2 Å². The molecule has 0 radical (unpaired) electrons. The maximum atomic E-state index is 12.5. The molecule has 4 fully saturated rings. The third-order valence-electron chi connectivity index (χ3n) is 6.51. The molecule has 4 aliphatic carbocycles. The molecule has 5 rings (SSSR count). The minimum atomic E-state index is -0.501. The second kappa shape index (κ2) is 5.60. The summed E-state index contributed by atoms with van der Waals surface area (Å²) in [5.41, 5.74) is -0.462. The molecule has 1 amide bonds. The molecule has 5 atom stereocenters. The largest absolute Gasteiger partial charge is 0.453 e. The Balaban J connectivity index is 1.47. The number of nitrogens with one attached hydrogen (secondary N) is 1. The molecular formula is C19H27NO4. The number of aliphatic hydroxyl groups is 1. The van der Waals surface area contributed by atoms with Gasteiger partial charge in [0.15, 0.2) is 5.76 Å². The number of amides is 1. The van der Waals surface area contributed by atoms with Crippen LogP contribution in [0.15, 0.2) is 16.5 Å². The third-order valence-corrected chi connectivity index (χ3v) is 6.51. The average Bonchev–Trinajstić information content (AvgIpc) is 2.93. The predicted molar refractivity (Wildman–Crippen MR) is 88.4 cm³/mol. The normalized spacial score (nSPS) is 38.3. The molecule has 0 spiro atoms. The quantitative estimate of drug-likeness (QED) is 0.869. The summed E-state index contributed by atoms with van der Waals surface area (Å²) in [5, 5.41) is 14.0. The second-order valence-corrected chi connectivity index (χ2v) is 8.44. The lowest BCUT2D eigenvalue weighted by Crippen LogP contribution is -2.61. The molecular weight excluding hydrogens is 306 g/mol. The lowest BCUT2D eigenvalue weighted by atomic mass is 9.46. The van der Waals surface area contributed by atoms with Crippen molar-refractivity contribution in [3.05, 3.63) is 23.7 Å². The van der Waals surface area contributed by atoms with E-state index in [1.54, 1.807) is 19.2 Å². The highest BCUT2D eigenvalue weighted by Gasteiger charge is 2.59. The Kier molecular flexibility index (Phi) is 3.77. The average molecular weight is 333 g/mol. The van der Waals surface area contributed by atoms with Gasteiger partial charge in [-0.05, 0) is 74.8 Å². The standard InChI is InChI=1S/C19H27NO4/c1-12(20-17(21)16-4-3-15(24-16)10-23-2)18-6-13-5-14(7-18)9-19(22,8-13)11-18/h3-4,12-14,22H,5-11H2,1-2H3,(H,20,21)/t12-,13-,14+,18?,19?/m0/s1. The van der Waals surface area contributed by atoms with Gasteiger partial charge in [0, 0.05) is 13.2 Å². The van der Waals surface area contributed by atoms with Gasteiger partial charge in [-0.3, -0.25) is 4.79 Å². The number of methoxy groups -OCH3 is 1. The Labute approximate surface area is 142 Å². The summed E-state index contributed by atoms with van der Waals surface area (Å²) in [4.78, 5) is 12.5. The van der Waals surface area contributed by atoms with Crippen LogP contribution < -0.4 is 5.32 Å². The van der Waals surface area contributed by atoms with Gasteiger partial charge >= 0.3 is 0 Å². The Morgan fingerprint density at radius 2 is 2.08 bits per heavy atom. The Morgan fingerprint density at radius 1 is 1.38 bits per heavy atom. The van der Waals surface area contributed by atoms with Crippen LogP contribution in [-0.4, -0.2) is 29.8 Å². The van der Waals surface area contributed by atoms with Gasteiger partial charge in [0.25, 0.3) is 5.91 Å². The second-order valence-electron chi connectivity index (χ2n) is 8.44. The molecule has 5 heteroatoms. The number of hydrogen-bond acceptors (Lipinski definition) is 4. The number of furan rings is 1. The number of hydrogen-bond donors (Lipinski definition) is 2. The molecule has 4 saturated carbocycles. The van der Waals surface area contributed by atoms with Crippen LogP contribution >= 0.6 is 0 Å². The number of carbonyl (C=O) groups excluding carboxylic acids is 1. The maximum absolute atomic E-state index is 12.5. The molecule has 132 valence electrons. The lowest BCUT2D eigenvalue weighted by Gasteiger charge is -2.62. The van der Waals surface area contributed by atoms with Crippen molar-refractivity contribution in [1.82, 2.24) is 5.32 Å². The topological polar surface area (TPSA) is 71.7 Å². The monoisotopic (exact) mass is 333 g/mol. The molecule has 4 bridgehead atoms. The number of ether oxygens (including phenoxy) is 1. The van der Waals surface area contributed by atoms with E-state index in [-0.39, 0.29) is 17.4 Å². The van der Waals surface area contributed by atoms with Gasteiger partial charge in [-0.15, -0.1) is 0 Å². The van der Waals surface area contributed by atoms with Gasteiger partial charge in [-0.2, -0.15) is 0 Å². The van der Waals surface area contributed by atoms with Crippen LogP contribution in [0.3, 0.4) is 0 Å². The van der Waals surface area contributed by atoms with E-state index in [4.69, 9.17) is 9.15 Å². The fourth-order valence-electron chi connectivity index (χ4n) is 5.93. The number of carbonyl (C=O) groups is 1. The first kappa shape index (κ1) is 16.2. The van der Waals surface area contributed by atoms with E-state index in [1.165, 1.54) is 6.42 Å². The van der Waals surface area contributed by atoms with Gasteiger partial charge in [-0.25, -0.2) is 0 Å². The smallest absolute Gasteiger partial charge is 0.287 e. The highest BCUT2D eigenvalue weighted by Crippen LogP contribution is 2.62. The first-order chi connectivity index (χ1) is 11.4. The molecule has 0 saturated heterocycles. The summed E-state index contributed by atoms with van der Waals surface area (Å²) < 4.78 is 10.6. The van der Waals surface area contributed by atoms with E-state index in [9.17, 15) is 9.90 Å². The van der Waals surface area contributed by atoms with Crippen molar-refractivity contribution in [3.8, 4) is 0 Å². The molecule has 0 aromatic carbocycles. The van der Waals surface area contributed by atoms with E-state index < -0.39 is 5.60 Å². The van der Waals surface area contributed by atoms with Gasteiger partial charge in [0.2, 0.25) is 0 Å². The molecule has 0 aliphatic heterocycles. The van der Waals surface area contributed by atoms with E-state index >= 15 is 0 Å². The zero-order valence-electron chi connectivity index (χ0n) is 14.5. The zero-order valence-corrected chi connectivity index (χ0v) is 14.5. The molecule has 24 heavy (non-hydrogen) atoms. The fraction of sp³-hybridized carbons (Fsp3) is 0.737. The lowest BCUT2D eigenvalue weighted by molar-refractivity contribution is -0.171. The van der Waals surface area contributed by atoms with Gasteiger partial charge in [0.05, 0.1) is 5.60 Å². The summed E-state index contributed by atoms with van der Waals surface area (Å²) in [5.74, 6) is 2.05. The minimum Gasteiger partial charge on any atom is -0.453 e. The summed E-state index contributed by atoms with van der Waals surface area (Å²) in [6, 6.07) is 3.51. The first-order valence-electron chi connectivity index (χ1n) is 9.02.